The fourth-order valence-corrected chi connectivity index (χ4v) is 8.76. The average molecular weight is 632 g/mol. The van der Waals surface area contributed by atoms with Crippen molar-refractivity contribution in [1.82, 2.24) is 10.6 Å². The van der Waals surface area contributed by atoms with Gasteiger partial charge in [0.15, 0.2) is 0 Å². The summed E-state index contributed by atoms with van der Waals surface area (Å²) in [7, 11) is 0. The molecule has 3 aliphatic carbocycles. The van der Waals surface area contributed by atoms with E-state index in [1.54, 1.807) is 0 Å². The van der Waals surface area contributed by atoms with Gasteiger partial charge in [-0.1, -0.05) is 140 Å². The predicted molar refractivity (Wildman–Crippen MR) is 202 cm³/mol. The second kappa shape index (κ2) is 11.5. The van der Waals surface area contributed by atoms with Crippen molar-refractivity contribution >= 4 is 34.4 Å². The third-order valence-electron chi connectivity index (χ3n) is 10.9. The molecule has 10 rings (SSSR count). The lowest BCUT2D eigenvalue weighted by Crippen LogP contribution is -2.44. The van der Waals surface area contributed by atoms with E-state index in [2.05, 4.69) is 179 Å². The van der Waals surface area contributed by atoms with E-state index in [1.807, 2.05) is 0 Å². The number of benzene rings is 5. The van der Waals surface area contributed by atoms with Crippen molar-refractivity contribution in [2.75, 3.05) is 4.90 Å². The molecule has 2 N–H and O–H groups in total. The third-order valence-corrected chi connectivity index (χ3v) is 10.9. The topological polar surface area (TPSA) is 27.3 Å². The molecule has 236 valence electrons. The molecule has 0 bridgehead atoms. The van der Waals surface area contributed by atoms with Crippen LogP contribution in [-0.4, -0.2) is 6.04 Å². The highest BCUT2D eigenvalue weighted by molar-refractivity contribution is 5.96. The van der Waals surface area contributed by atoms with Gasteiger partial charge in [0.05, 0.1) is 6.04 Å². The number of anilines is 2. The lowest BCUT2D eigenvalue weighted by molar-refractivity contribution is 0.463. The van der Waals surface area contributed by atoms with Crippen molar-refractivity contribution < 1.29 is 0 Å². The van der Waals surface area contributed by atoms with Crippen LogP contribution in [0.4, 0.5) is 11.4 Å². The number of hydrogen-bond acceptors (Lipinski definition) is 3. The Bertz CT molecular complexity index is 2380. The van der Waals surface area contributed by atoms with Crippen LogP contribution < -0.4 is 26.0 Å². The normalized spacial score (nSPS) is 23.0. The van der Waals surface area contributed by atoms with Gasteiger partial charge >= 0.3 is 0 Å². The average Bonchev–Trinajstić information content (AvgIpc) is 3.54. The zero-order valence-corrected chi connectivity index (χ0v) is 27.3. The van der Waals surface area contributed by atoms with Crippen molar-refractivity contribution in [2.24, 2.45) is 0 Å². The van der Waals surface area contributed by atoms with Gasteiger partial charge in [0.2, 0.25) is 0 Å². The predicted octanol–water partition coefficient (Wildman–Crippen LogP) is 8.58. The quantitative estimate of drug-likeness (QED) is 0.208. The second-order valence-electron chi connectivity index (χ2n) is 13.6. The van der Waals surface area contributed by atoms with Gasteiger partial charge in [0.1, 0.15) is 6.17 Å². The summed E-state index contributed by atoms with van der Waals surface area (Å²) in [6.45, 7) is 0. The summed E-state index contributed by atoms with van der Waals surface area (Å²) in [5.74, 6) is 0.460. The molecule has 0 fully saturated rings. The minimum Gasteiger partial charge on any atom is -0.366 e. The van der Waals surface area contributed by atoms with E-state index >= 15 is 0 Å². The monoisotopic (exact) mass is 631 g/mol. The molecule has 4 unspecified atom stereocenters. The highest BCUT2D eigenvalue weighted by Crippen LogP contribution is 2.58. The van der Waals surface area contributed by atoms with E-state index < -0.39 is 0 Å². The van der Waals surface area contributed by atoms with Gasteiger partial charge in [-0.2, -0.15) is 0 Å². The first kappa shape index (κ1) is 28.4. The Morgan fingerprint density at radius 1 is 0.633 bits per heavy atom. The molecule has 2 heterocycles. The number of nitrogens with one attached hydrogen (secondary N) is 2. The Hall–Kier alpha value is -5.64. The SMILES string of the molecule is C1=CC(C2C=C(c3ccccc3)NC(c3cccc(N4C5=c6ccccc6=C6C=Cc7ccccc7C6C5c5ccccc54)c3)N2)=CCC1. The molecule has 49 heavy (non-hydrogen) atoms. The van der Waals surface area contributed by atoms with E-state index in [-0.39, 0.29) is 24.0 Å². The summed E-state index contributed by atoms with van der Waals surface area (Å²) in [5.41, 5.74) is 14.3. The zero-order chi connectivity index (χ0) is 32.3. The van der Waals surface area contributed by atoms with Crippen molar-refractivity contribution in [1.29, 1.82) is 0 Å². The molecule has 0 radical (unpaired) electrons. The molecule has 3 heteroatoms. The minimum absolute atomic E-state index is 0.0611. The summed E-state index contributed by atoms with van der Waals surface area (Å²) in [5, 5.41) is 10.5. The molecule has 3 nitrogen and oxygen atoms in total. The van der Waals surface area contributed by atoms with Crippen molar-refractivity contribution in [3.63, 3.8) is 0 Å². The van der Waals surface area contributed by atoms with Gasteiger partial charge in [-0.3, -0.25) is 5.32 Å². The Balaban J connectivity index is 1.12. The number of fused-ring (bicyclic) bond motifs is 8. The molecule has 2 aliphatic heterocycles. The molecule has 0 spiro atoms. The molecular formula is C46H37N3. The third kappa shape index (κ3) is 4.61. The van der Waals surface area contributed by atoms with E-state index in [0.29, 0.717) is 0 Å². The number of nitrogens with zero attached hydrogens (tertiary/aromatic N) is 1. The van der Waals surface area contributed by atoms with Crippen LogP contribution >= 0.6 is 0 Å². The molecule has 0 aromatic heterocycles. The smallest absolute Gasteiger partial charge is 0.104 e. The molecular weight excluding hydrogens is 595 g/mol. The summed E-state index contributed by atoms with van der Waals surface area (Å²) in [6.07, 6.45) is 16.1. The van der Waals surface area contributed by atoms with Gasteiger partial charge in [0.25, 0.3) is 0 Å². The van der Waals surface area contributed by atoms with Crippen molar-refractivity contribution in [3.8, 4) is 0 Å². The minimum atomic E-state index is -0.0611. The zero-order valence-electron chi connectivity index (χ0n) is 27.3. The summed E-state index contributed by atoms with van der Waals surface area (Å²) >= 11 is 0. The van der Waals surface area contributed by atoms with Gasteiger partial charge in [-0.15, -0.1) is 0 Å². The highest BCUT2D eigenvalue weighted by atomic mass is 15.2. The lowest BCUT2D eigenvalue weighted by atomic mass is 9.69. The van der Waals surface area contributed by atoms with Crippen LogP contribution in [0.15, 0.2) is 163 Å². The van der Waals surface area contributed by atoms with Crippen LogP contribution in [0.2, 0.25) is 0 Å². The van der Waals surface area contributed by atoms with Gasteiger partial charge in [-0.25, -0.2) is 0 Å². The van der Waals surface area contributed by atoms with Gasteiger partial charge in [-0.05, 0) is 81.3 Å². The van der Waals surface area contributed by atoms with E-state index in [1.165, 1.54) is 66.5 Å². The number of rotatable bonds is 4. The largest absolute Gasteiger partial charge is 0.366 e. The maximum Gasteiger partial charge on any atom is 0.104 e. The van der Waals surface area contributed by atoms with Crippen LogP contribution in [-0.2, 0) is 0 Å². The standard InChI is InChI=1S/C46H37N3/c1-3-15-31(16-4-1)40-29-41(32-17-5-2-6-18-32)48-46(47-40)33-19-13-20-34(28-33)49-42-25-12-11-24-39(42)44-43-35-21-8-7-14-30(35)26-27-37(43)36-22-9-10-23-38(36)45(44)49/h1,3-5,7-29,41,43-44,46-48H,2,6H2. The molecule has 0 saturated heterocycles. The van der Waals surface area contributed by atoms with Crippen LogP contribution in [0.5, 0.6) is 0 Å². The fourth-order valence-electron chi connectivity index (χ4n) is 8.76. The Labute approximate surface area is 287 Å². The number of allylic oxidation sites excluding steroid dienone is 3. The maximum atomic E-state index is 3.95. The fraction of sp³-hybridized carbons (Fsp3) is 0.130. The lowest BCUT2D eigenvalue weighted by Gasteiger charge is -2.36. The molecule has 0 saturated carbocycles. The van der Waals surface area contributed by atoms with Crippen molar-refractivity contribution in [3.05, 3.63) is 202 Å². The molecule has 5 aliphatic rings. The van der Waals surface area contributed by atoms with Crippen LogP contribution in [0.3, 0.4) is 0 Å². The first-order valence-corrected chi connectivity index (χ1v) is 17.6. The van der Waals surface area contributed by atoms with Crippen LogP contribution in [0, 0.1) is 0 Å². The van der Waals surface area contributed by atoms with Gasteiger partial charge < -0.3 is 10.2 Å². The highest BCUT2D eigenvalue weighted by Gasteiger charge is 2.44. The Morgan fingerprint density at radius 3 is 2.31 bits per heavy atom. The van der Waals surface area contributed by atoms with Crippen molar-refractivity contribution in [2.45, 2.75) is 36.9 Å². The van der Waals surface area contributed by atoms with E-state index in [4.69, 9.17) is 0 Å². The number of para-hydroxylation sites is 1. The second-order valence-corrected chi connectivity index (χ2v) is 13.6. The summed E-state index contributed by atoms with van der Waals surface area (Å²) in [6, 6.07) is 47.1. The van der Waals surface area contributed by atoms with E-state index in [0.717, 1.165) is 18.5 Å². The molecule has 4 atom stereocenters. The van der Waals surface area contributed by atoms with Crippen LogP contribution in [0.25, 0.3) is 23.0 Å². The van der Waals surface area contributed by atoms with Gasteiger partial charge in [0, 0.05) is 39.8 Å². The Morgan fingerprint density at radius 2 is 1.43 bits per heavy atom. The number of hydrogen-bond donors (Lipinski definition) is 2. The first-order chi connectivity index (χ1) is 24.3. The molecule has 0 amide bonds. The maximum absolute atomic E-state index is 3.95. The summed E-state index contributed by atoms with van der Waals surface area (Å²) in [4.78, 5) is 2.56. The molecule has 5 aromatic carbocycles. The first-order valence-electron chi connectivity index (χ1n) is 17.6. The Kier molecular flexibility index (Phi) is 6.66. The van der Waals surface area contributed by atoms with E-state index in [9.17, 15) is 0 Å². The molecule has 5 aromatic rings. The summed E-state index contributed by atoms with van der Waals surface area (Å²) < 4.78 is 0. The van der Waals surface area contributed by atoms with Crippen LogP contribution in [0.1, 0.15) is 58.7 Å².